The fourth-order valence-electron chi connectivity index (χ4n) is 4.27. The largest absolute Gasteiger partial charge is 0.461 e. The summed E-state index contributed by atoms with van der Waals surface area (Å²) >= 11 is 0. The number of hydrogen-bond acceptors (Lipinski definition) is 6. The van der Waals surface area contributed by atoms with Gasteiger partial charge in [-0.05, 0) is 30.3 Å². The van der Waals surface area contributed by atoms with Crippen LogP contribution >= 0.6 is 0 Å². The lowest BCUT2D eigenvalue weighted by Crippen LogP contribution is -2.51. The molecule has 1 amide bonds. The van der Waals surface area contributed by atoms with E-state index < -0.39 is 66.1 Å². The van der Waals surface area contributed by atoms with E-state index in [0.29, 0.717) is 0 Å². The van der Waals surface area contributed by atoms with Gasteiger partial charge in [0.05, 0.1) is 5.56 Å². The first-order valence-electron chi connectivity index (χ1n) is 9.71. The number of rotatable bonds is 4. The van der Waals surface area contributed by atoms with E-state index in [-0.39, 0.29) is 16.9 Å². The summed E-state index contributed by atoms with van der Waals surface area (Å²) in [5, 5.41) is 11.2. The average molecular weight is 465 g/mol. The fourth-order valence-corrected chi connectivity index (χ4v) is 4.27. The van der Waals surface area contributed by atoms with E-state index in [1.165, 1.54) is 12.1 Å². The number of nitrogens with two attached hydrogens (primary N) is 1. The molecule has 0 saturated heterocycles. The zero-order chi connectivity index (χ0) is 24.0. The molecule has 1 aromatic heterocycles. The highest BCUT2D eigenvalue weighted by Crippen LogP contribution is 2.55. The number of carbonyl (C=O) groups excluding carboxylic acids is 1. The molecule has 12 heteroatoms. The van der Waals surface area contributed by atoms with Gasteiger partial charge in [0, 0.05) is 36.2 Å². The quantitative estimate of drug-likeness (QED) is 0.671. The maximum Gasteiger partial charge on any atom is 0.283 e. The average Bonchev–Trinajstić information content (AvgIpc) is 3.08. The van der Waals surface area contributed by atoms with Crippen LogP contribution in [0.4, 0.5) is 27.6 Å². The molecule has 0 bridgehead atoms. The number of nitrogens with one attached hydrogen (secondary N) is 1. The van der Waals surface area contributed by atoms with E-state index >= 15 is 0 Å². The van der Waals surface area contributed by atoms with Crippen molar-refractivity contribution in [2.24, 2.45) is 16.6 Å². The molecular formula is C21H16F5N5O2. The van der Waals surface area contributed by atoms with Gasteiger partial charge in [-0.2, -0.15) is 5.26 Å². The molecule has 1 saturated carbocycles. The Morgan fingerprint density at radius 2 is 2.03 bits per heavy atom. The van der Waals surface area contributed by atoms with E-state index in [0.717, 1.165) is 24.4 Å². The molecular weight excluding hydrogens is 449 g/mol. The van der Waals surface area contributed by atoms with Crippen LogP contribution in [-0.4, -0.2) is 35.4 Å². The summed E-state index contributed by atoms with van der Waals surface area (Å²) in [6.07, 6.45) is -5.47. The zero-order valence-electron chi connectivity index (χ0n) is 16.7. The maximum absolute atomic E-state index is 14.9. The smallest absolute Gasteiger partial charge is 0.283 e. The number of halogens is 5. The molecule has 0 spiro atoms. The van der Waals surface area contributed by atoms with Crippen molar-refractivity contribution in [1.29, 1.82) is 5.26 Å². The molecule has 33 heavy (non-hydrogen) atoms. The first-order chi connectivity index (χ1) is 15.6. The van der Waals surface area contributed by atoms with Crippen LogP contribution in [0.2, 0.25) is 0 Å². The Morgan fingerprint density at radius 1 is 1.27 bits per heavy atom. The number of nitrogens with zero attached hydrogens (tertiary/aromatic N) is 3. The lowest BCUT2D eigenvalue weighted by Gasteiger charge is -2.41. The third kappa shape index (κ3) is 3.94. The van der Waals surface area contributed by atoms with Crippen molar-refractivity contribution in [3.05, 3.63) is 59.2 Å². The maximum atomic E-state index is 14.9. The molecule has 1 aliphatic carbocycles. The molecule has 172 valence electrons. The molecule has 4 rings (SSSR count). The van der Waals surface area contributed by atoms with Crippen molar-refractivity contribution in [2.45, 2.75) is 36.8 Å². The van der Waals surface area contributed by atoms with Crippen LogP contribution < -0.4 is 11.1 Å². The van der Waals surface area contributed by atoms with Crippen LogP contribution in [0.25, 0.3) is 0 Å². The number of aliphatic imine (C=N–C) groups is 1. The molecule has 2 aliphatic rings. The number of carbonyl (C=O) groups is 1. The third-order valence-corrected chi connectivity index (χ3v) is 5.71. The van der Waals surface area contributed by atoms with Crippen molar-refractivity contribution < 1.29 is 31.5 Å². The second-order valence-corrected chi connectivity index (χ2v) is 7.80. The van der Waals surface area contributed by atoms with Crippen molar-refractivity contribution in [1.82, 2.24) is 4.98 Å². The number of aromatic nitrogens is 1. The Bertz CT molecular complexity index is 1160. The molecule has 0 radical (unpaired) electrons. The summed E-state index contributed by atoms with van der Waals surface area (Å²) in [4.78, 5) is 19.9. The summed E-state index contributed by atoms with van der Waals surface area (Å²) in [6.45, 7) is 0. The van der Waals surface area contributed by atoms with Crippen molar-refractivity contribution in [2.75, 3.05) is 5.32 Å². The number of pyridine rings is 1. The molecule has 1 fully saturated rings. The third-order valence-electron chi connectivity index (χ3n) is 5.71. The highest BCUT2D eigenvalue weighted by Gasteiger charge is 2.63. The minimum absolute atomic E-state index is 0.0905. The number of hydrogen-bond donors (Lipinski definition) is 2. The highest BCUT2D eigenvalue weighted by atomic mass is 19.3. The lowest BCUT2D eigenvalue weighted by molar-refractivity contribution is -0.0392. The van der Waals surface area contributed by atoms with Gasteiger partial charge < -0.3 is 15.8 Å². The predicted octanol–water partition coefficient (Wildman–Crippen LogP) is 3.56. The number of alkyl halides is 4. The first kappa shape index (κ1) is 22.4. The molecule has 2 heterocycles. The number of anilines is 1. The van der Waals surface area contributed by atoms with E-state index in [1.807, 2.05) is 6.07 Å². The van der Waals surface area contributed by atoms with E-state index in [4.69, 9.17) is 15.7 Å². The second kappa shape index (κ2) is 7.99. The Labute approximate surface area is 184 Å². The molecule has 1 aromatic carbocycles. The Balaban J connectivity index is 1.74. The number of benzene rings is 1. The Hall–Kier alpha value is -3.75. The van der Waals surface area contributed by atoms with Crippen LogP contribution in [0, 0.1) is 23.1 Å². The summed E-state index contributed by atoms with van der Waals surface area (Å²) in [5.74, 6) is -6.76. The number of amides is 1. The van der Waals surface area contributed by atoms with E-state index in [9.17, 15) is 26.7 Å². The topological polar surface area (TPSA) is 113 Å². The van der Waals surface area contributed by atoms with Crippen LogP contribution in [0.15, 0.2) is 41.5 Å². The number of ether oxygens (including phenoxy) is 1. The standard InChI is InChI=1S/C21H16F5N5O2/c22-14-3-2-11(30-17(32)15-4-1-10(8-27)9-29-15)5-12(14)21(18(23)24)13-6-20(25,26)7-16(13)33-19(28)31-21/h1-5,9,13,16,18H,6-7H2,(H2,28,31)(H,30,32)/t13?,16-,21?/m0/s1. The van der Waals surface area contributed by atoms with Crippen LogP contribution in [0.1, 0.15) is 34.5 Å². The van der Waals surface area contributed by atoms with Gasteiger partial charge in [0.15, 0.2) is 5.54 Å². The van der Waals surface area contributed by atoms with Crippen molar-refractivity contribution >= 4 is 17.6 Å². The number of nitriles is 1. The highest BCUT2D eigenvalue weighted by molar-refractivity contribution is 6.02. The van der Waals surface area contributed by atoms with Crippen LogP contribution in [-0.2, 0) is 10.3 Å². The second-order valence-electron chi connectivity index (χ2n) is 7.80. The minimum atomic E-state index is -3.40. The summed E-state index contributed by atoms with van der Waals surface area (Å²) in [5.41, 5.74) is 2.13. The Morgan fingerprint density at radius 3 is 2.67 bits per heavy atom. The summed E-state index contributed by atoms with van der Waals surface area (Å²) in [6, 6.07) is 6.58. The summed E-state index contributed by atoms with van der Waals surface area (Å²) in [7, 11) is 0. The Kier molecular flexibility index (Phi) is 5.43. The van der Waals surface area contributed by atoms with Gasteiger partial charge >= 0.3 is 0 Å². The number of fused-ring (bicyclic) bond motifs is 1. The van der Waals surface area contributed by atoms with Crippen molar-refractivity contribution in [3.63, 3.8) is 0 Å². The van der Waals surface area contributed by atoms with Crippen LogP contribution in [0.5, 0.6) is 0 Å². The SMILES string of the molecule is N#Cc1ccc(C(=O)Nc2ccc(F)c(C3(C(F)F)N=C(N)O[C@H]4CC(F)(F)CC43)c2)nc1. The lowest BCUT2D eigenvalue weighted by atomic mass is 9.75. The van der Waals surface area contributed by atoms with Gasteiger partial charge in [0.2, 0.25) is 0 Å². The van der Waals surface area contributed by atoms with Gasteiger partial charge in [-0.25, -0.2) is 31.9 Å². The van der Waals surface area contributed by atoms with Crippen LogP contribution in [0.3, 0.4) is 0 Å². The molecule has 1 aliphatic heterocycles. The van der Waals surface area contributed by atoms with Gasteiger partial charge in [-0.15, -0.1) is 0 Å². The molecule has 2 unspecified atom stereocenters. The van der Waals surface area contributed by atoms with Gasteiger partial charge in [-0.3, -0.25) is 4.79 Å². The molecule has 3 N–H and O–H groups in total. The van der Waals surface area contributed by atoms with Gasteiger partial charge in [0.1, 0.15) is 23.7 Å². The van der Waals surface area contributed by atoms with Gasteiger partial charge in [0.25, 0.3) is 24.3 Å². The number of amidine groups is 1. The summed E-state index contributed by atoms with van der Waals surface area (Å²) < 4.78 is 77.1. The predicted molar refractivity (Wildman–Crippen MR) is 105 cm³/mol. The zero-order valence-corrected chi connectivity index (χ0v) is 16.7. The van der Waals surface area contributed by atoms with Crippen molar-refractivity contribution in [3.8, 4) is 6.07 Å². The van der Waals surface area contributed by atoms with Gasteiger partial charge in [-0.1, -0.05) is 0 Å². The fraction of sp³-hybridized carbons (Fsp3) is 0.333. The monoisotopic (exact) mass is 465 g/mol. The van der Waals surface area contributed by atoms with E-state index in [2.05, 4.69) is 15.3 Å². The molecule has 2 aromatic rings. The minimum Gasteiger partial charge on any atom is -0.461 e. The molecule has 3 atom stereocenters. The first-order valence-corrected chi connectivity index (χ1v) is 9.71. The normalized spacial score (nSPS) is 25.5. The molecule has 7 nitrogen and oxygen atoms in total. The van der Waals surface area contributed by atoms with E-state index in [1.54, 1.807) is 0 Å².